The molecule has 0 spiro atoms. The molecule has 0 radical (unpaired) electrons. The molecule has 100 valence electrons. The molecule has 3 aromatic rings. The summed E-state index contributed by atoms with van der Waals surface area (Å²) in [5.74, 6) is -1.95. The van der Waals surface area contributed by atoms with E-state index in [1.807, 2.05) is 0 Å². The molecule has 0 saturated carbocycles. The van der Waals surface area contributed by atoms with Crippen LogP contribution >= 0.6 is 0 Å². The number of fused-ring (bicyclic) bond motifs is 1. The first kappa shape index (κ1) is 12.3. The number of H-pyrrole nitrogens is 1. The largest absolute Gasteiger partial charge is 0.478 e. The van der Waals surface area contributed by atoms with Crippen molar-refractivity contribution < 1.29 is 18.7 Å². The first-order valence-corrected chi connectivity index (χ1v) is 5.73. The maximum atomic E-state index is 13.4. The van der Waals surface area contributed by atoms with Gasteiger partial charge in [0.25, 0.3) is 0 Å². The molecule has 1 heterocycles. The Morgan fingerprint density at radius 3 is 2.45 bits per heavy atom. The lowest BCUT2D eigenvalue weighted by molar-refractivity contribution is 0.0698. The smallest absolute Gasteiger partial charge is 0.338 e. The molecule has 0 bridgehead atoms. The van der Waals surface area contributed by atoms with E-state index in [4.69, 9.17) is 5.11 Å². The van der Waals surface area contributed by atoms with E-state index in [1.165, 1.54) is 30.3 Å². The Kier molecular flexibility index (Phi) is 2.71. The number of rotatable bonds is 2. The zero-order chi connectivity index (χ0) is 14.3. The number of benzene rings is 2. The summed E-state index contributed by atoms with van der Waals surface area (Å²) < 4.78 is 26.2. The first-order valence-electron chi connectivity index (χ1n) is 5.73. The van der Waals surface area contributed by atoms with Gasteiger partial charge >= 0.3 is 5.97 Å². The summed E-state index contributed by atoms with van der Waals surface area (Å²) in [6.07, 6.45) is 0. The maximum absolute atomic E-state index is 13.4. The number of halogens is 2. The summed E-state index contributed by atoms with van der Waals surface area (Å²) in [5.41, 5.74) is 0.809. The van der Waals surface area contributed by atoms with Gasteiger partial charge in [-0.05, 0) is 36.4 Å². The SMILES string of the molecule is O=C(O)c1cc(F)cc2[nH]c(-c3ccc(F)cc3)nc12. The molecular formula is C14H8F2N2O2. The molecule has 0 aliphatic carbocycles. The van der Waals surface area contributed by atoms with E-state index >= 15 is 0 Å². The fourth-order valence-corrected chi connectivity index (χ4v) is 1.99. The van der Waals surface area contributed by atoms with Gasteiger partial charge in [-0.2, -0.15) is 0 Å². The summed E-state index contributed by atoms with van der Waals surface area (Å²) in [6.45, 7) is 0. The Bertz CT molecular complexity index is 810. The van der Waals surface area contributed by atoms with Gasteiger partial charge in [-0.1, -0.05) is 0 Å². The molecular weight excluding hydrogens is 266 g/mol. The number of aromatic nitrogens is 2. The minimum absolute atomic E-state index is 0.165. The second-order valence-electron chi connectivity index (χ2n) is 4.25. The predicted octanol–water partition coefficient (Wildman–Crippen LogP) is 3.21. The van der Waals surface area contributed by atoms with Gasteiger partial charge in [-0.3, -0.25) is 0 Å². The summed E-state index contributed by atoms with van der Waals surface area (Å²) in [7, 11) is 0. The fourth-order valence-electron chi connectivity index (χ4n) is 1.99. The number of carboxylic acids is 1. The number of imidazole rings is 1. The van der Waals surface area contributed by atoms with E-state index in [-0.39, 0.29) is 22.4 Å². The molecule has 0 amide bonds. The fraction of sp³-hybridized carbons (Fsp3) is 0. The number of carboxylic acid groups (broad SMARTS) is 1. The lowest BCUT2D eigenvalue weighted by atomic mass is 10.2. The minimum Gasteiger partial charge on any atom is -0.478 e. The Balaban J connectivity index is 2.22. The molecule has 0 saturated heterocycles. The summed E-state index contributed by atoms with van der Waals surface area (Å²) in [6, 6.07) is 7.62. The van der Waals surface area contributed by atoms with Crippen molar-refractivity contribution in [2.45, 2.75) is 0 Å². The van der Waals surface area contributed by atoms with Crippen LogP contribution in [0.2, 0.25) is 0 Å². The van der Waals surface area contributed by atoms with Gasteiger partial charge in [-0.25, -0.2) is 18.6 Å². The predicted molar refractivity (Wildman–Crippen MR) is 68.4 cm³/mol. The second kappa shape index (κ2) is 4.41. The minimum atomic E-state index is -1.26. The Labute approximate surface area is 111 Å². The van der Waals surface area contributed by atoms with Crippen molar-refractivity contribution in [1.29, 1.82) is 0 Å². The first-order chi connectivity index (χ1) is 9.54. The third-order valence-electron chi connectivity index (χ3n) is 2.90. The van der Waals surface area contributed by atoms with Gasteiger partial charge in [0.15, 0.2) is 0 Å². The van der Waals surface area contributed by atoms with Gasteiger partial charge in [0.05, 0.1) is 11.1 Å². The Hall–Kier alpha value is -2.76. The monoisotopic (exact) mass is 274 g/mol. The molecule has 4 nitrogen and oxygen atoms in total. The van der Waals surface area contributed by atoms with E-state index in [1.54, 1.807) is 0 Å². The molecule has 2 aromatic carbocycles. The summed E-state index contributed by atoms with van der Waals surface area (Å²) in [5, 5.41) is 9.05. The van der Waals surface area contributed by atoms with Crippen LogP contribution in [0.4, 0.5) is 8.78 Å². The number of hydrogen-bond donors (Lipinski definition) is 2. The summed E-state index contributed by atoms with van der Waals surface area (Å²) in [4.78, 5) is 18.1. The van der Waals surface area contributed by atoms with Gasteiger partial charge in [-0.15, -0.1) is 0 Å². The molecule has 20 heavy (non-hydrogen) atoms. The van der Waals surface area contributed by atoms with Crippen LogP contribution in [0.1, 0.15) is 10.4 Å². The Morgan fingerprint density at radius 2 is 1.80 bits per heavy atom. The Morgan fingerprint density at radius 1 is 1.10 bits per heavy atom. The van der Waals surface area contributed by atoms with E-state index in [0.717, 1.165) is 6.07 Å². The number of aromatic amines is 1. The highest BCUT2D eigenvalue weighted by atomic mass is 19.1. The van der Waals surface area contributed by atoms with Crippen LogP contribution in [0.15, 0.2) is 36.4 Å². The topological polar surface area (TPSA) is 66.0 Å². The highest BCUT2D eigenvalue weighted by Crippen LogP contribution is 2.24. The molecule has 0 aliphatic rings. The zero-order valence-electron chi connectivity index (χ0n) is 10.0. The quantitative estimate of drug-likeness (QED) is 0.754. The molecule has 1 aromatic heterocycles. The second-order valence-corrected chi connectivity index (χ2v) is 4.25. The van der Waals surface area contributed by atoms with Crippen LogP contribution in [0.25, 0.3) is 22.4 Å². The highest BCUT2D eigenvalue weighted by Gasteiger charge is 2.15. The van der Waals surface area contributed by atoms with Crippen LogP contribution in [-0.2, 0) is 0 Å². The standard InChI is InChI=1S/C14H8F2N2O2/c15-8-3-1-7(2-4-8)13-17-11-6-9(16)5-10(14(19)20)12(11)18-13/h1-6H,(H,17,18)(H,19,20). The van der Waals surface area contributed by atoms with Gasteiger partial charge < -0.3 is 10.1 Å². The van der Waals surface area contributed by atoms with E-state index in [0.29, 0.717) is 11.4 Å². The van der Waals surface area contributed by atoms with Crippen molar-refractivity contribution in [2.75, 3.05) is 0 Å². The molecule has 3 rings (SSSR count). The zero-order valence-corrected chi connectivity index (χ0v) is 10.0. The van der Waals surface area contributed by atoms with Crippen molar-refractivity contribution >= 4 is 17.0 Å². The lowest BCUT2D eigenvalue weighted by Gasteiger charge is -1.95. The molecule has 6 heteroatoms. The average molecular weight is 274 g/mol. The molecule has 0 aliphatic heterocycles. The van der Waals surface area contributed by atoms with Crippen molar-refractivity contribution in [2.24, 2.45) is 0 Å². The van der Waals surface area contributed by atoms with Crippen molar-refractivity contribution in [1.82, 2.24) is 9.97 Å². The number of nitrogens with one attached hydrogen (secondary N) is 1. The van der Waals surface area contributed by atoms with E-state index < -0.39 is 11.8 Å². The van der Waals surface area contributed by atoms with Crippen LogP contribution in [-0.4, -0.2) is 21.0 Å². The molecule has 0 unspecified atom stereocenters. The van der Waals surface area contributed by atoms with Crippen LogP contribution in [0.5, 0.6) is 0 Å². The molecule has 0 atom stereocenters. The van der Waals surface area contributed by atoms with Crippen molar-refractivity contribution in [3.63, 3.8) is 0 Å². The average Bonchev–Trinajstić information content (AvgIpc) is 2.81. The van der Waals surface area contributed by atoms with Crippen molar-refractivity contribution in [3.05, 3.63) is 53.6 Å². The molecule has 2 N–H and O–H groups in total. The number of nitrogens with zero attached hydrogens (tertiary/aromatic N) is 1. The number of carbonyl (C=O) groups is 1. The van der Waals surface area contributed by atoms with Gasteiger partial charge in [0, 0.05) is 5.56 Å². The number of aromatic carboxylic acids is 1. The van der Waals surface area contributed by atoms with Gasteiger partial charge in [0.2, 0.25) is 0 Å². The maximum Gasteiger partial charge on any atom is 0.338 e. The van der Waals surface area contributed by atoms with Crippen LogP contribution in [0, 0.1) is 11.6 Å². The third-order valence-corrected chi connectivity index (χ3v) is 2.90. The highest BCUT2D eigenvalue weighted by molar-refractivity contribution is 6.01. The normalized spacial score (nSPS) is 10.9. The third kappa shape index (κ3) is 2.01. The van der Waals surface area contributed by atoms with Gasteiger partial charge in [0.1, 0.15) is 23.0 Å². The van der Waals surface area contributed by atoms with Crippen LogP contribution in [0.3, 0.4) is 0 Å². The van der Waals surface area contributed by atoms with Crippen LogP contribution < -0.4 is 0 Å². The molecule has 0 fully saturated rings. The van der Waals surface area contributed by atoms with Crippen molar-refractivity contribution in [3.8, 4) is 11.4 Å². The number of hydrogen-bond acceptors (Lipinski definition) is 2. The lowest BCUT2D eigenvalue weighted by Crippen LogP contribution is -1.98. The van der Waals surface area contributed by atoms with E-state index in [2.05, 4.69) is 9.97 Å². The van der Waals surface area contributed by atoms with E-state index in [9.17, 15) is 13.6 Å². The summed E-state index contributed by atoms with van der Waals surface area (Å²) >= 11 is 0.